The van der Waals surface area contributed by atoms with Crippen LogP contribution >= 0.6 is 0 Å². The Bertz CT molecular complexity index is 1020. The molecule has 0 unspecified atom stereocenters. The highest BCUT2D eigenvalue weighted by Crippen LogP contribution is 2.24. The second-order valence-electron chi connectivity index (χ2n) is 7.64. The summed E-state index contributed by atoms with van der Waals surface area (Å²) >= 11 is 0. The number of rotatable bonds is 5. The molecule has 1 aliphatic rings. The first-order valence-corrected chi connectivity index (χ1v) is 9.98. The van der Waals surface area contributed by atoms with E-state index < -0.39 is 0 Å². The predicted molar refractivity (Wildman–Crippen MR) is 112 cm³/mol. The number of benzene rings is 2. The number of fused-ring (bicyclic) bond motifs is 2. The zero-order chi connectivity index (χ0) is 18.8. The van der Waals surface area contributed by atoms with Crippen LogP contribution in [0.15, 0.2) is 41.2 Å². The first kappa shape index (κ1) is 18.2. The van der Waals surface area contributed by atoms with Gasteiger partial charge in [0.05, 0.1) is 24.2 Å². The summed E-state index contributed by atoms with van der Waals surface area (Å²) in [5.74, 6) is 0. The van der Waals surface area contributed by atoms with E-state index in [0.717, 1.165) is 79.6 Å². The van der Waals surface area contributed by atoms with Gasteiger partial charge in [0.15, 0.2) is 5.43 Å². The molecule has 1 saturated heterocycles. The average molecular weight is 364 g/mol. The molecule has 3 aromatic rings. The van der Waals surface area contributed by atoms with Gasteiger partial charge >= 0.3 is 0 Å². The standard InChI is InChI=1S/C23H28N2O2/c1-17-15-18(2)22-20(16-17)23(26)19-7-3-4-8-21(19)25(22)10-6-5-9-24-11-13-27-14-12-24/h3-4,7-8,15-16H,5-6,9-14H2,1-2H3. The van der Waals surface area contributed by atoms with Crippen molar-refractivity contribution in [1.82, 2.24) is 9.47 Å². The number of hydrogen-bond acceptors (Lipinski definition) is 3. The maximum atomic E-state index is 13.0. The first-order valence-electron chi connectivity index (χ1n) is 9.98. The van der Waals surface area contributed by atoms with E-state index >= 15 is 0 Å². The zero-order valence-electron chi connectivity index (χ0n) is 16.3. The third-order valence-electron chi connectivity index (χ3n) is 5.61. The smallest absolute Gasteiger partial charge is 0.197 e. The Morgan fingerprint density at radius 2 is 1.70 bits per heavy atom. The van der Waals surface area contributed by atoms with Crippen LogP contribution < -0.4 is 5.43 Å². The van der Waals surface area contributed by atoms with Crippen molar-refractivity contribution >= 4 is 21.8 Å². The van der Waals surface area contributed by atoms with Gasteiger partial charge in [0.2, 0.25) is 0 Å². The SMILES string of the molecule is Cc1cc(C)c2c(c1)c(=O)c1ccccc1n2CCCCN1CCOCC1. The Hall–Kier alpha value is -2.17. The maximum Gasteiger partial charge on any atom is 0.197 e. The molecule has 1 fully saturated rings. The Kier molecular flexibility index (Phi) is 5.28. The Balaban J connectivity index is 1.67. The molecule has 0 amide bonds. The van der Waals surface area contributed by atoms with E-state index in [0.29, 0.717) is 0 Å². The molecule has 0 radical (unpaired) electrons. The Labute approximate surface area is 160 Å². The highest BCUT2D eigenvalue weighted by Gasteiger charge is 2.14. The molecule has 0 atom stereocenters. The van der Waals surface area contributed by atoms with E-state index in [1.165, 1.54) is 5.56 Å². The van der Waals surface area contributed by atoms with E-state index in [-0.39, 0.29) is 5.43 Å². The van der Waals surface area contributed by atoms with Crippen LogP contribution in [0.4, 0.5) is 0 Å². The number of unbranched alkanes of at least 4 members (excludes halogenated alkanes) is 1. The molecular weight excluding hydrogens is 336 g/mol. The van der Waals surface area contributed by atoms with Gasteiger partial charge < -0.3 is 9.30 Å². The van der Waals surface area contributed by atoms with Gasteiger partial charge in [0.1, 0.15) is 0 Å². The van der Waals surface area contributed by atoms with Gasteiger partial charge in [0, 0.05) is 30.4 Å². The molecule has 4 rings (SSSR count). The van der Waals surface area contributed by atoms with E-state index in [1.54, 1.807) is 0 Å². The van der Waals surface area contributed by atoms with Gasteiger partial charge in [-0.1, -0.05) is 18.2 Å². The number of nitrogens with zero attached hydrogens (tertiary/aromatic N) is 2. The van der Waals surface area contributed by atoms with Gasteiger partial charge in [-0.3, -0.25) is 9.69 Å². The van der Waals surface area contributed by atoms with Crippen molar-refractivity contribution in [3.05, 3.63) is 57.7 Å². The monoisotopic (exact) mass is 364 g/mol. The van der Waals surface area contributed by atoms with Crippen LogP contribution in [0, 0.1) is 13.8 Å². The highest BCUT2D eigenvalue weighted by molar-refractivity contribution is 5.95. The number of aromatic nitrogens is 1. The van der Waals surface area contributed by atoms with Crippen molar-refractivity contribution in [1.29, 1.82) is 0 Å². The molecule has 0 spiro atoms. The molecule has 0 aliphatic carbocycles. The van der Waals surface area contributed by atoms with E-state index in [4.69, 9.17) is 4.74 Å². The summed E-state index contributed by atoms with van der Waals surface area (Å²) in [5.41, 5.74) is 4.62. The van der Waals surface area contributed by atoms with E-state index in [9.17, 15) is 4.79 Å². The minimum atomic E-state index is 0.150. The fourth-order valence-electron chi connectivity index (χ4n) is 4.32. The lowest BCUT2D eigenvalue weighted by Gasteiger charge is -2.26. The molecule has 0 N–H and O–H groups in total. The van der Waals surface area contributed by atoms with Gasteiger partial charge in [-0.2, -0.15) is 0 Å². The van der Waals surface area contributed by atoms with Crippen molar-refractivity contribution in [3.63, 3.8) is 0 Å². The number of para-hydroxylation sites is 1. The Morgan fingerprint density at radius 3 is 2.52 bits per heavy atom. The Morgan fingerprint density at radius 1 is 0.963 bits per heavy atom. The van der Waals surface area contributed by atoms with Gasteiger partial charge in [-0.25, -0.2) is 0 Å². The fourth-order valence-corrected chi connectivity index (χ4v) is 4.32. The van der Waals surface area contributed by atoms with Gasteiger partial charge in [0.25, 0.3) is 0 Å². The van der Waals surface area contributed by atoms with E-state index in [2.05, 4.69) is 35.4 Å². The first-order chi connectivity index (χ1) is 13.1. The fraction of sp³-hybridized carbons (Fsp3) is 0.435. The summed E-state index contributed by atoms with van der Waals surface area (Å²) in [6.45, 7) is 10.0. The number of aryl methyl sites for hydroxylation is 3. The summed E-state index contributed by atoms with van der Waals surface area (Å²) in [4.78, 5) is 15.5. The van der Waals surface area contributed by atoms with Crippen LogP contribution in [0.1, 0.15) is 24.0 Å². The van der Waals surface area contributed by atoms with Crippen molar-refractivity contribution in [2.24, 2.45) is 0 Å². The summed E-state index contributed by atoms with van der Waals surface area (Å²) in [7, 11) is 0. The normalized spacial score (nSPS) is 15.6. The minimum absolute atomic E-state index is 0.150. The molecule has 27 heavy (non-hydrogen) atoms. The second-order valence-corrected chi connectivity index (χ2v) is 7.64. The summed E-state index contributed by atoms with van der Waals surface area (Å²) in [5, 5.41) is 1.67. The molecule has 4 heteroatoms. The lowest BCUT2D eigenvalue weighted by Crippen LogP contribution is -2.36. The molecule has 2 heterocycles. The largest absolute Gasteiger partial charge is 0.379 e. The predicted octanol–water partition coefficient (Wildman–Crippen LogP) is 3.88. The average Bonchev–Trinajstić information content (AvgIpc) is 2.68. The molecule has 0 bridgehead atoms. The summed E-state index contributed by atoms with van der Waals surface area (Å²) in [6, 6.07) is 12.3. The maximum absolute atomic E-state index is 13.0. The second kappa shape index (κ2) is 7.83. The minimum Gasteiger partial charge on any atom is -0.379 e. The van der Waals surface area contributed by atoms with Gasteiger partial charge in [-0.05, 0) is 62.6 Å². The van der Waals surface area contributed by atoms with Crippen LogP contribution in [0.3, 0.4) is 0 Å². The number of hydrogen-bond donors (Lipinski definition) is 0. The molecule has 0 saturated carbocycles. The summed E-state index contributed by atoms with van der Waals surface area (Å²) < 4.78 is 7.79. The molecule has 4 nitrogen and oxygen atoms in total. The zero-order valence-corrected chi connectivity index (χ0v) is 16.3. The number of morpholine rings is 1. The quantitative estimate of drug-likeness (QED) is 0.509. The molecule has 1 aliphatic heterocycles. The molecule has 142 valence electrons. The molecule has 2 aromatic carbocycles. The third-order valence-corrected chi connectivity index (χ3v) is 5.61. The van der Waals surface area contributed by atoms with Gasteiger partial charge in [-0.15, -0.1) is 0 Å². The highest BCUT2D eigenvalue weighted by atomic mass is 16.5. The van der Waals surface area contributed by atoms with Crippen LogP contribution in [0.5, 0.6) is 0 Å². The van der Waals surface area contributed by atoms with Crippen molar-refractivity contribution in [2.45, 2.75) is 33.2 Å². The van der Waals surface area contributed by atoms with Crippen molar-refractivity contribution < 1.29 is 4.74 Å². The molecular formula is C23H28N2O2. The van der Waals surface area contributed by atoms with E-state index in [1.807, 2.05) is 24.3 Å². The lowest BCUT2D eigenvalue weighted by atomic mass is 10.0. The van der Waals surface area contributed by atoms with Crippen LogP contribution in [-0.4, -0.2) is 42.3 Å². The lowest BCUT2D eigenvalue weighted by molar-refractivity contribution is 0.0371. The van der Waals surface area contributed by atoms with Crippen LogP contribution in [0.25, 0.3) is 21.8 Å². The number of pyridine rings is 1. The molecule has 1 aromatic heterocycles. The van der Waals surface area contributed by atoms with Crippen molar-refractivity contribution in [2.75, 3.05) is 32.8 Å². The number of ether oxygens (including phenoxy) is 1. The third kappa shape index (κ3) is 3.64. The van der Waals surface area contributed by atoms with Crippen molar-refractivity contribution in [3.8, 4) is 0 Å². The van der Waals surface area contributed by atoms with Crippen LogP contribution in [-0.2, 0) is 11.3 Å². The summed E-state index contributed by atoms with van der Waals surface area (Å²) in [6.07, 6.45) is 2.26. The topological polar surface area (TPSA) is 34.5 Å². The van der Waals surface area contributed by atoms with Crippen LogP contribution in [0.2, 0.25) is 0 Å².